The fraction of sp³-hybridized carbons (Fsp3) is 0.385. The molecule has 0 aliphatic carbocycles. The summed E-state index contributed by atoms with van der Waals surface area (Å²) in [5, 5.41) is 2.99. The Kier molecular flexibility index (Phi) is 3.18. The van der Waals surface area contributed by atoms with Gasteiger partial charge < -0.3 is 11.1 Å². The van der Waals surface area contributed by atoms with Crippen LogP contribution in [-0.4, -0.2) is 17.5 Å². The van der Waals surface area contributed by atoms with Crippen LogP contribution in [0.25, 0.3) is 0 Å². The van der Waals surface area contributed by atoms with Crippen molar-refractivity contribution in [3.8, 4) is 0 Å². The van der Waals surface area contributed by atoms with Crippen LogP contribution < -0.4 is 16.0 Å². The third kappa shape index (κ3) is 2.04. The molecule has 0 radical (unpaired) electrons. The van der Waals surface area contributed by atoms with Crippen LogP contribution in [0.4, 0.5) is 16.2 Å². The molecule has 1 atom stereocenters. The topological polar surface area (TPSA) is 75.4 Å². The molecule has 1 fully saturated rings. The second-order valence-corrected chi connectivity index (χ2v) is 5.55. The number of nitrogens with one attached hydrogen (secondary N) is 1. The van der Waals surface area contributed by atoms with Gasteiger partial charge in [0.25, 0.3) is 5.91 Å². The van der Waals surface area contributed by atoms with E-state index in [0.717, 1.165) is 4.90 Å². The highest BCUT2D eigenvalue weighted by Crippen LogP contribution is 2.34. The summed E-state index contributed by atoms with van der Waals surface area (Å²) in [5.74, 6) is -0.333. The first-order valence-electron chi connectivity index (χ1n) is 5.99. The van der Waals surface area contributed by atoms with E-state index in [1.807, 2.05) is 13.8 Å². The fourth-order valence-corrected chi connectivity index (χ4v) is 2.24. The number of carbonyl (C=O) groups excluding carboxylic acids is 2. The molecule has 1 saturated heterocycles. The number of urea groups is 1. The summed E-state index contributed by atoms with van der Waals surface area (Å²) in [7, 11) is 0. The molecule has 0 aromatic heterocycles. The van der Waals surface area contributed by atoms with Crippen molar-refractivity contribution in [1.29, 1.82) is 0 Å². The number of nitrogen functional groups attached to an aromatic ring is 1. The zero-order chi connectivity index (χ0) is 14.4. The standard InChI is InChI=1S/C13H16ClN3O2/c1-7(2)13(3)11(18)17(12(19)16-13)10-5-4-8(15)6-9(10)14/h4-7H,15H2,1-3H3,(H,16,19). The van der Waals surface area contributed by atoms with Crippen molar-refractivity contribution >= 4 is 34.9 Å². The SMILES string of the molecule is CC(C)C1(C)NC(=O)N(c2ccc(N)cc2Cl)C1=O. The van der Waals surface area contributed by atoms with Crippen molar-refractivity contribution in [2.75, 3.05) is 10.6 Å². The monoisotopic (exact) mass is 281 g/mol. The van der Waals surface area contributed by atoms with E-state index in [1.165, 1.54) is 6.07 Å². The quantitative estimate of drug-likeness (QED) is 0.645. The summed E-state index contributed by atoms with van der Waals surface area (Å²) < 4.78 is 0. The smallest absolute Gasteiger partial charge is 0.329 e. The first-order valence-corrected chi connectivity index (χ1v) is 6.37. The van der Waals surface area contributed by atoms with E-state index in [2.05, 4.69) is 5.32 Å². The Hall–Kier alpha value is -1.75. The van der Waals surface area contributed by atoms with E-state index >= 15 is 0 Å². The number of rotatable bonds is 2. The first-order chi connectivity index (χ1) is 8.77. The molecule has 1 unspecified atom stereocenters. The number of imide groups is 1. The van der Waals surface area contributed by atoms with Crippen molar-refractivity contribution in [2.45, 2.75) is 26.3 Å². The average molecular weight is 282 g/mol. The zero-order valence-corrected chi connectivity index (χ0v) is 11.8. The predicted molar refractivity (Wildman–Crippen MR) is 75.1 cm³/mol. The van der Waals surface area contributed by atoms with Crippen LogP contribution in [0.2, 0.25) is 5.02 Å². The van der Waals surface area contributed by atoms with Gasteiger partial charge in [-0.15, -0.1) is 0 Å². The molecule has 1 aromatic carbocycles. The van der Waals surface area contributed by atoms with Crippen molar-refractivity contribution in [2.24, 2.45) is 5.92 Å². The summed E-state index contributed by atoms with van der Waals surface area (Å²) >= 11 is 6.06. The molecule has 0 saturated carbocycles. The van der Waals surface area contributed by atoms with E-state index in [1.54, 1.807) is 19.1 Å². The molecular formula is C13H16ClN3O2. The maximum Gasteiger partial charge on any atom is 0.329 e. The third-order valence-corrected chi connectivity index (χ3v) is 3.89. The number of nitrogens with two attached hydrogens (primary N) is 1. The van der Waals surface area contributed by atoms with Gasteiger partial charge in [0.2, 0.25) is 0 Å². The van der Waals surface area contributed by atoms with Gasteiger partial charge in [-0.2, -0.15) is 0 Å². The minimum Gasteiger partial charge on any atom is -0.399 e. The number of nitrogens with zero attached hydrogens (tertiary/aromatic N) is 1. The summed E-state index contributed by atoms with van der Waals surface area (Å²) in [5.41, 5.74) is 5.52. The van der Waals surface area contributed by atoms with Crippen LogP contribution in [0, 0.1) is 5.92 Å². The number of amides is 3. The minimum absolute atomic E-state index is 0.0264. The molecule has 1 heterocycles. The zero-order valence-electron chi connectivity index (χ0n) is 11.0. The average Bonchev–Trinajstić information content (AvgIpc) is 2.53. The van der Waals surface area contributed by atoms with Gasteiger partial charge >= 0.3 is 6.03 Å². The molecule has 5 nitrogen and oxygen atoms in total. The normalized spacial score (nSPS) is 23.1. The van der Waals surface area contributed by atoms with Crippen molar-refractivity contribution in [3.05, 3.63) is 23.2 Å². The lowest BCUT2D eigenvalue weighted by Crippen LogP contribution is -2.48. The van der Waals surface area contributed by atoms with Crippen LogP contribution in [-0.2, 0) is 4.79 Å². The Morgan fingerprint density at radius 3 is 2.47 bits per heavy atom. The molecule has 3 N–H and O–H groups in total. The Balaban J connectivity index is 2.46. The van der Waals surface area contributed by atoms with Crippen LogP contribution in [0.5, 0.6) is 0 Å². The number of halogens is 1. The molecule has 1 aliphatic rings. The minimum atomic E-state index is -0.915. The van der Waals surface area contributed by atoms with Gasteiger partial charge in [0.15, 0.2) is 0 Å². The second kappa shape index (κ2) is 4.42. The fourth-order valence-electron chi connectivity index (χ4n) is 1.97. The molecule has 0 spiro atoms. The number of anilines is 2. The van der Waals surface area contributed by atoms with E-state index in [-0.39, 0.29) is 16.8 Å². The van der Waals surface area contributed by atoms with Crippen LogP contribution in [0.1, 0.15) is 20.8 Å². The van der Waals surface area contributed by atoms with Gasteiger partial charge in [0.05, 0.1) is 10.7 Å². The van der Waals surface area contributed by atoms with E-state index in [9.17, 15) is 9.59 Å². The predicted octanol–water partition coefficient (Wildman–Crippen LogP) is 2.39. The lowest BCUT2D eigenvalue weighted by molar-refractivity contribution is -0.122. The van der Waals surface area contributed by atoms with Gasteiger partial charge in [0, 0.05) is 5.69 Å². The number of hydrogen-bond donors (Lipinski definition) is 2. The molecule has 2 rings (SSSR count). The maximum absolute atomic E-state index is 12.5. The van der Waals surface area contributed by atoms with Crippen molar-refractivity contribution in [3.63, 3.8) is 0 Å². The van der Waals surface area contributed by atoms with Crippen molar-refractivity contribution in [1.82, 2.24) is 5.32 Å². The van der Waals surface area contributed by atoms with Gasteiger partial charge in [-0.25, -0.2) is 9.69 Å². The van der Waals surface area contributed by atoms with Gasteiger partial charge in [0.1, 0.15) is 5.54 Å². The molecule has 0 bridgehead atoms. The highest BCUT2D eigenvalue weighted by molar-refractivity contribution is 6.36. The molecule has 1 aliphatic heterocycles. The summed E-state index contributed by atoms with van der Waals surface area (Å²) in [4.78, 5) is 25.6. The Bertz CT molecular complexity index is 559. The Labute approximate surface area is 116 Å². The summed E-state index contributed by atoms with van der Waals surface area (Å²) in [6.07, 6.45) is 0. The largest absolute Gasteiger partial charge is 0.399 e. The molecular weight excluding hydrogens is 266 g/mol. The van der Waals surface area contributed by atoms with Gasteiger partial charge in [-0.3, -0.25) is 4.79 Å². The van der Waals surface area contributed by atoms with Crippen LogP contribution in [0.15, 0.2) is 18.2 Å². The maximum atomic E-state index is 12.5. The van der Waals surface area contributed by atoms with E-state index in [0.29, 0.717) is 11.4 Å². The van der Waals surface area contributed by atoms with Crippen molar-refractivity contribution < 1.29 is 9.59 Å². The number of hydrogen-bond acceptors (Lipinski definition) is 3. The first kappa shape index (κ1) is 13.7. The molecule has 6 heteroatoms. The van der Waals surface area contributed by atoms with E-state index < -0.39 is 11.6 Å². The highest BCUT2D eigenvalue weighted by Gasteiger charge is 2.50. The number of carbonyl (C=O) groups is 2. The highest BCUT2D eigenvalue weighted by atomic mass is 35.5. The molecule has 19 heavy (non-hydrogen) atoms. The number of benzene rings is 1. The summed E-state index contributed by atoms with van der Waals surface area (Å²) in [6, 6.07) is 4.23. The van der Waals surface area contributed by atoms with Gasteiger partial charge in [-0.1, -0.05) is 25.4 Å². The second-order valence-electron chi connectivity index (χ2n) is 5.14. The van der Waals surface area contributed by atoms with Crippen LogP contribution in [0.3, 0.4) is 0 Å². The lowest BCUT2D eigenvalue weighted by atomic mass is 9.88. The van der Waals surface area contributed by atoms with Gasteiger partial charge in [-0.05, 0) is 31.0 Å². The molecule has 102 valence electrons. The Morgan fingerprint density at radius 2 is 2.00 bits per heavy atom. The third-order valence-electron chi connectivity index (χ3n) is 3.58. The van der Waals surface area contributed by atoms with E-state index in [4.69, 9.17) is 17.3 Å². The molecule has 1 aromatic rings. The summed E-state index contributed by atoms with van der Waals surface area (Å²) in [6.45, 7) is 5.47. The molecule has 3 amide bonds. The Morgan fingerprint density at radius 1 is 1.37 bits per heavy atom. The lowest BCUT2D eigenvalue weighted by Gasteiger charge is -2.25. The van der Waals surface area contributed by atoms with Crippen LogP contribution >= 0.6 is 11.6 Å².